The van der Waals surface area contributed by atoms with Gasteiger partial charge in [-0.1, -0.05) is 6.92 Å². The summed E-state index contributed by atoms with van der Waals surface area (Å²) in [5.41, 5.74) is 0. The van der Waals surface area contributed by atoms with Gasteiger partial charge >= 0.3 is 18.0 Å². The van der Waals surface area contributed by atoms with Gasteiger partial charge < -0.3 is 20.4 Å². The van der Waals surface area contributed by atoms with Crippen LogP contribution >= 0.6 is 0 Å². The number of amides is 2. The van der Waals surface area contributed by atoms with Crippen molar-refractivity contribution in [3.63, 3.8) is 0 Å². The van der Waals surface area contributed by atoms with E-state index in [0.29, 0.717) is 12.5 Å². The van der Waals surface area contributed by atoms with E-state index in [1.54, 1.807) is 4.90 Å². The summed E-state index contributed by atoms with van der Waals surface area (Å²) in [6.45, 7) is 4.57. The molecule has 0 aromatic rings. The second-order valence-electron chi connectivity index (χ2n) is 5.46. The Morgan fingerprint density at radius 3 is 2.45 bits per heavy atom. The molecule has 3 unspecified atom stereocenters. The molecule has 1 saturated heterocycles. The van der Waals surface area contributed by atoms with Crippen molar-refractivity contribution >= 4 is 18.0 Å². The Morgan fingerprint density at radius 2 is 1.90 bits per heavy atom. The van der Waals surface area contributed by atoms with Gasteiger partial charge in [0.05, 0.1) is 0 Å². The molecule has 0 spiro atoms. The van der Waals surface area contributed by atoms with E-state index < -0.39 is 24.0 Å². The summed E-state index contributed by atoms with van der Waals surface area (Å²) in [6, 6.07) is -1.52. The quantitative estimate of drug-likeness (QED) is 0.702. The van der Waals surface area contributed by atoms with Crippen LogP contribution in [0.2, 0.25) is 0 Å². The maximum atomic E-state index is 12.1. The summed E-state index contributed by atoms with van der Waals surface area (Å²) >= 11 is 0. The molecule has 0 radical (unpaired) electrons. The number of urea groups is 1. The minimum atomic E-state index is -1.21. The Bertz CT molecular complexity index is 385. The van der Waals surface area contributed by atoms with Crippen LogP contribution in [-0.4, -0.2) is 51.7 Å². The number of carbonyl (C=O) groups is 3. The van der Waals surface area contributed by atoms with Crippen molar-refractivity contribution in [2.75, 3.05) is 6.54 Å². The molecule has 3 atom stereocenters. The molecule has 1 heterocycles. The maximum Gasteiger partial charge on any atom is 0.326 e. The number of rotatable bonds is 5. The standard InChI is InChI=1S/C13H22N2O5/c1-8-3-4-9(2)15(7-8)13(20)14-10(12(18)19)5-6-11(16)17/h8-10H,3-7H2,1-2H3,(H,14,20)(H,16,17)(H,18,19). The number of nitrogens with zero attached hydrogens (tertiary/aromatic N) is 1. The number of carbonyl (C=O) groups excluding carboxylic acids is 1. The van der Waals surface area contributed by atoms with Crippen LogP contribution in [0.25, 0.3) is 0 Å². The third-order valence-electron chi connectivity index (χ3n) is 3.62. The first-order valence-electron chi connectivity index (χ1n) is 6.83. The van der Waals surface area contributed by atoms with E-state index in [1.807, 2.05) is 13.8 Å². The van der Waals surface area contributed by atoms with Gasteiger partial charge in [-0.25, -0.2) is 9.59 Å². The smallest absolute Gasteiger partial charge is 0.326 e. The SMILES string of the molecule is CC1CCC(C)N(C(=O)NC(CCC(=O)O)C(=O)O)C1. The average Bonchev–Trinajstić information content (AvgIpc) is 2.36. The molecule has 7 nitrogen and oxygen atoms in total. The summed E-state index contributed by atoms with van der Waals surface area (Å²) in [6.07, 6.45) is 1.53. The lowest BCUT2D eigenvalue weighted by atomic mass is 9.95. The lowest BCUT2D eigenvalue weighted by Gasteiger charge is -2.37. The fourth-order valence-electron chi connectivity index (χ4n) is 2.33. The third-order valence-corrected chi connectivity index (χ3v) is 3.62. The molecule has 7 heteroatoms. The number of carboxylic acids is 2. The number of aliphatic carboxylic acids is 2. The number of piperidine rings is 1. The van der Waals surface area contributed by atoms with Gasteiger partial charge in [0.2, 0.25) is 0 Å². The zero-order valence-electron chi connectivity index (χ0n) is 11.8. The minimum absolute atomic E-state index is 0.0696. The van der Waals surface area contributed by atoms with Gasteiger partial charge in [0.25, 0.3) is 0 Å². The Kier molecular flexibility index (Phi) is 5.79. The number of nitrogens with one attached hydrogen (secondary N) is 1. The molecule has 20 heavy (non-hydrogen) atoms. The van der Waals surface area contributed by atoms with Crippen molar-refractivity contribution in [3.05, 3.63) is 0 Å². The Balaban J connectivity index is 2.60. The first kappa shape index (κ1) is 16.3. The van der Waals surface area contributed by atoms with Gasteiger partial charge in [-0.2, -0.15) is 0 Å². The van der Waals surface area contributed by atoms with E-state index in [1.165, 1.54) is 0 Å². The van der Waals surface area contributed by atoms with E-state index in [0.717, 1.165) is 12.8 Å². The number of carboxylic acid groups (broad SMARTS) is 2. The largest absolute Gasteiger partial charge is 0.481 e. The Morgan fingerprint density at radius 1 is 1.25 bits per heavy atom. The van der Waals surface area contributed by atoms with Gasteiger partial charge in [0.15, 0.2) is 0 Å². The molecular weight excluding hydrogens is 264 g/mol. The van der Waals surface area contributed by atoms with Crippen LogP contribution in [-0.2, 0) is 9.59 Å². The number of hydrogen-bond donors (Lipinski definition) is 3. The van der Waals surface area contributed by atoms with Gasteiger partial charge in [-0.15, -0.1) is 0 Å². The average molecular weight is 286 g/mol. The summed E-state index contributed by atoms with van der Waals surface area (Å²) in [4.78, 5) is 35.3. The lowest BCUT2D eigenvalue weighted by Crippen LogP contribution is -2.53. The molecule has 0 bridgehead atoms. The molecule has 2 amide bonds. The second-order valence-corrected chi connectivity index (χ2v) is 5.46. The molecule has 1 rings (SSSR count). The Labute approximate surface area is 117 Å². The van der Waals surface area contributed by atoms with E-state index >= 15 is 0 Å². The van der Waals surface area contributed by atoms with Crippen LogP contribution in [0.1, 0.15) is 39.5 Å². The third kappa shape index (κ3) is 4.71. The van der Waals surface area contributed by atoms with Gasteiger partial charge in [-0.3, -0.25) is 4.79 Å². The van der Waals surface area contributed by atoms with Crippen molar-refractivity contribution in [3.8, 4) is 0 Å². The summed E-state index contributed by atoms with van der Waals surface area (Å²) in [7, 11) is 0. The molecule has 0 aromatic heterocycles. The first-order chi connectivity index (χ1) is 9.31. The van der Waals surface area contributed by atoms with Crippen molar-refractivity contribution in [1.82, 2.24) is 10.2 Å². The molecule has 0 aliphatic carbocycles. The van der Waals surface area contributed by atoms with E-state index in [4.69, 9.17) is 10.2 Å². The summed E-state index contributed by atoms with van der Waals surface area (Å²) in [5.74, 6) is -1.90. The van der Waals surface area contributed by atoms with E-state index in [2.05, 4.69) is 5.32 Å². The van der Waals surface area contributed by atoms with Gasteiger partial charge in [0, 0.05) is 19.0 Å². The highest BCUT2D eigenvalue weighted by Crippen LogP contribution is 2.21. The first-order valence-corrected chi connectivity index (χ1v) is 6.83. The van der Waals surface area contributed by atoms with Crippen LogP contribution in [0.3, 0.4) is 0 Å². The maximum absolute atomic E-state index is 12.1. The van der Waals surface area contributed by atoms with Gasteiger partial charge in [0.1, 0.15) is 6.04 Å². The molecule has 3 N–H and O–H groups in total. The molecule has 1 fully saturated rings. The zero-order valence-corrected chi connectivity index (χ0v) is 11.8. The normalized spacial score (nSPS) is 24.0. The second kappa shape index (κ2) is 7.12. The molecule has 0 aromatic carbocycles. The summed E-state index contributed by atoms with van der Waals surface area (Å²) < 4.78 is 0. The highest BCUT2D eigenvalue weighted by molar-refractivity contribution is 5.83. The predicted octanol–water partition coefficient (Wildman–Crippen LogP) is 1.13. The molecule has 0 saturated carbocycles. The monoisotopic (exact) mass is 286 g/mol. The molecule has 1 aliphatic heterocycles. The van der Waals surface area contributed by atoms with Crippen molar-refractivity contribution in [1.29, 1.82) is 0 Å². The zero-order chi connectivity index (χ0) is 15.3. The predicted molar refractivity (Wildman–Crippen MR) is 71.4 cm³/mol. The van der Waals surface area contributed by atoms with Crippen LogP contribution in [0.5, 0.6) is 0 Å². The minimum Gasteiger partial charge on any atom is -0.481 e. The van der Waals surface area contributed by atoms with Crippen molar-refractivity contribution in [2.45, 2.75) is 51.6 Å². The van der Waals surface area contributed by atoms with Gasteiger partial charge in [-0.05, 0) is 32.1 Å². The van der Waals surface area contributed by atoms with Crippen molar-refractivity contribution in [2.24, 2.45) is 5.92 Å². The molecular formula is C13H22N2O5. The fraction of sp³-hybridized carbons (Fsp3) is 0.769. The topological polar surface area (TPSA) is 107 Å². The van der Waals surface area contributed by atoms with Crippen molar-refractivity contribution < 1.29 is 24.6 Å². The van der Waals surface area contributed by atoms with Crippen LogP contribution in [0.15, 0.2) is 0 Å². The number of hydrogen-bond acceptors (Lipinski definition) is 3. The fourth-order valence-corrected chi connectivity index (χ4v) is 2.33. The van der Waals surface area contributed by atoms with E-state index in [9.17, 15) is 14.4 Å². The summed E-state index contributed by atoms with van der Waals surface area (Å²) in [5, 5.41) is 20.0. The van der Waals surface area contributed by atoms with E-state index in [-0.39, 0.29) is 18.9 Å². The van der Waals surface area contributed by atoms with Crippen LogP contribution in [0.4, 0.5) is 4.79 Å². The number of likely N-dealkylation sites (tertiary alicyclic amines) is 1. The van der Waals surface area contributed by atoms with Crippen LogP contribution in [0, 0.1) is 5.92 Å². The molecule has 114 valence electrons. The highest BCUT2D eigenvalue weighted by Gasteiger charge is 2.29. The van der Waals surface area contributed by atoms with Crippen LogP contribution < -0.4 is 5.32 Å². The lowest BCUT2D eigenvalue weighted by molar-refractivity contribution is -0.140. The molecule has 1 aliphatic rings. The Hall–Kier alpha value is -1.79. The highest BCUT2D eigenvalue weighted by atomic mass is 16.4.